The highest BCUT2D eigenvalue weighted by atomic mass is 16.2. The Kier molecular flexibility index (Phi) is 5.78. The van der Waals surface area contributed by atoms with Crippen molar-refractivity contribution in [3.8, 4) is 0 Å². The van der Waals surface area contributed by atoms with Crippen molar-refractivity contribution in [1.82, 2.24) is 15.1 Å². The molecule has 0 spiro atoms. The summed E-state index contributed by atoms with van der Waals surface area (Å²) in [6.45, 7) is 4.89. The van der Waals surface area contributed by atoms with Crippen LogP contribution < -0.4 is 15.8 Å². The lowest BCUT2D eigenvalue weighted by molar-refractivity contribution is 0.0945. The second-order valence-corrected chi connectivity index (χ2v) is 7.52. The Balaban J connectivity index is 1.88. The fourth-order valence-corrected chi connectivity index (χ4v) is 3.05. The number of nitrogens with one attached hydrogen (secondary N) is 1. The van der Waals surface area contributed by atoms with Crippen molar-refractivity contribution in [2.24, 2.45) is 5.92 Å². The number of aromatic nitrogens is 2. The molecule has 1 amide bonds. The van der Waals surface area contributed by atoms with E-state index in [2.05, 4.69) is 10.4 Å². The van der Waals surface area contributed by atoms with Crippen LogP contribution in [0.5, 0.6) is 0 Å². The Morgan fingerprint density at radius 1 is 1.07 bits per heavy atom. The SMILES string of the molecule is CC(C)Cn1nc(C(=O)NCc2ccc(N(C)C)cc2)c2ccccc2c1=O. The van der Waals surface area contributed by atoms with Gasteiger partial charge in [0.15, 0.2) is 5.69 Å². The molecule has 0 unspecified atom stereocenters. The standard InChI is InChI=1S/C22H26N4O2/c1-15(2)14-26-22(28)19-8-6-5-7-18(19)20(24-26)21(27)23-13-16-9-11-17(12-10-16)25(3)4/h5-12,15H,13-14H2,1-4H3,(H,23,27). The Morgan fingerprint density at radius 2 is 1.71 bits per heavy atom. The van der Waals surface area contributed by atoms with Gasteiger partial charge in [0, 0.05) is 38.3 Å². The molecule has 0 aliphatic heterocycles. The van der Waals surface area contributed by atoms with E-state index >= 15 is 0 Å². The van der Waals surface area contributed by atoms with Crippen LogP contribution in [-0.4, -0.2) is 29.8 Å². The molecule has 0 radical (unpaired) electrons. The second-order valence-electron chi connectivity index (χ2n) is 7.52. The number of fused-ring (bicyclic) bond motifs is 1. The lowest BCUT2D eigenvalue weighted by Gasteiger charge is -2.14. The molecule has 3 rings (SSSR count). The van der Waals surface area contributed by atoms with E-state index in [1.54, 1.807) is 18.2 Å². The van der Waals surface area contributed by atoms with Gasteiger partial charge in [-0.2, -0.15) is 5.10 Å². The topological polar surface area (TPSA) is 67.2 Å². The first kappa shape index (κ1) is 19.6. The number of carbonyl (C=O) groups excluding carboxylic acids is 1. The fourth-order valence-electron chi connectivity index (χ4n) is 3.05. The molecule has 6 heteroatoms. The van der Waals surface area contributed by atoms with E-state index in [1.165, 1.54) is 4.68 Å². The smallest absolute Gasteiger partial charge is 0.274 e. The lowest BCUT2D eigenvalue weighted by atomic mass is 10.1. The summed E-state index contributed by atoms with van der Waals surface area (Å²) in [5.74, 6) is -0.0390. The largest absolute Gasteiger partial charge is 0.378 e. The van der Waals surface area contributed by atoms with Crippen molar-refractivity contribution >= 4 is 22.4 Å². The number of carbonyl (C=O) groups is 1. The summed E-state index contributed by atoms with van der Waals surface area (Å²) in [5, 5.41) is 8.39. The van der Waals surface area contributed by atoms with Crippen LogP contribution in [0.2, 0.25) is 0 Å². The van der Waals surface area contributed by atoms with Crippen LogP contribution in [0.15, 0.2) is 53.3 Å². The molecule has 146 valence electrons. The molecule has 1 aromatic heterocycles. The molecular weight excluding hydrogens is 352 g/mol. The predicted molar refractivity (Wildman–Crippen MR) is 113 cm³/mol. The zero-order valence-electron chi connectivity index (χ0n) is 16.8. The van der Waals surface area contributed by atoms with Crippen molar-refractivity contribution in [3.63, 3.8) is 0 Å². The maximum Gasteiger partial charge on any atom is 0.274 e. The van der Waals surface area contributed by atoms with Crippen molar-refractivity contribution in [1.29, 1.82) is 0 Å². The summed E-state index contributed by atoms with van der Waals surface area (Å²) in [4.78, 5) is 27.6. The first-order valence-corrected chi connectivity index (χ1v) is 9.41. The summed E-state index contributed by atoms with van der Waals surface area (Å²) in [6.07, 6.45) is 0. The van der Waals surface area contributed by atoms with Crippen LogP contribution in [0.25, 0.3) is 10.8 Å². The molecule has 0 fully saturated rings. The maximum atomic E-state index is 12.9. The Bertz CT molecular complexity index is 1040. The zero-order valence-corrected chi connectivity index (χ0v) is 16.8. The summed E-state index contributed by atoms with van der Waals surface area (Å²) in [6, 6.07) is 15.1. The molecule has 28 heavy (non-hydrogen) atoms. The van der Waals surface area contributed by atoms with Gasteiger partial charge in [0.05, 0.1) is 5.39 Å². The molecule has 3 aromatic rings. The van der Waals surface area contributed by atoms with Crippen LogP contribution in [0.1, 0.15) is 29.9 Å². The molecule has 0 saturated carbocycles. The number of rotatable bonds is 6. The minimum atomic E-state index is -0.287. The Morgan fingerprint density at radius 3 is 2.32 bits per heavy atom. The molecule has 0 atom stereocenters. The maximum absolute atomic E-state index is 12.9. The van der Waals surface area contributed by atoms with Gasteiger partial charge < -0.3 is 10.2 Å². The van der Waals surface area contributed by atoms with Gasteiger partial charge >= 0.3 is 0 Å². The molecule has 0 aliphatic rings. The van der Waals surface area contributed by atoms with Crippen LogP contribution >= 0.6 is 0 Å². The number of amides is 1. The van der Waals surface area contributed by atoms with E-state index in [9.17, 15) is 9.59 Å². The molecule has 0 bridgehead atoms. The first-order chi connectivity index (χ1) is 13.4. The Hall–Kier alpha value is -3.15. The van der Waals surface area contributed by atoms with Gasteiger partial charge in [-0.3, -0.25) is 9.59 Å². The minimum absolute atomic E-state index is 0.167. The number of anilines is 1. The lowest BCUT2D eigenvalue weighted by Crippen LogP contribution is -2.31. The minimum Gasteiger partial charge on any atom is -0.378 e. The second kappa shape index (κ2) is 8.25. The van der Waals surface area contributed by atoms with Crippen LogP contribution in [0.4, 0.5) is 5.69 Å². The van der Waals surface area contributed by atoms with Gasteiger partial charge in [-0.15, -0.1) is 0 Å². The third kappa shape index (κ3) is 4.22. The highest BCUT2D eigenvalue weighted by molar-refractivity contribution is 6.04. The molecule has 0 saturated heterocycles. The van der Waals surface area contributed by atoms with Crippen LogP contribution in [0, 0.1) is 5.92 Å². The van der Waals surface area contributed by atoms with Crippen molar-refractivity contribution < 1.29 is 4.79 Å². The Labute approximate surface area is 164 Å². The van der Waals surface area contributed by atoms with Gasteiger partial charge in [-0.05, 0) is 29.7 Å². The van der Waals surface area contributed by atoms with Crippen LogP contribution in [0.3, 0.4) is 0 Å². The number of nitrogens with zero attached hydrogens (tertiary/aromatic N) is 3. The normalized spacial score (nSPS) is 11.0. The average molecular weight is 378 g/mol. The third-order valence-electron chi connectivity index (χ3n) is 4.53. The van der Waals surface area contributed by atoms with Gasteiger partial charge in [-0.25, -0.2) is 4.68 Å². The van der Waals surface area contributed by atoms with E-state index in [0.717, 1.165) is 11.3 Å². The van der Waals surface area contributed by atoms with Gasteiger partial charge in [-0.1, -0.05) is 44.2 Å². The third-order valence-corrected chi connectivity index (χ3v) is 4.53. The van der Waals surface area contributed by atoms with Gasteiger partial charge in [0.25, 0.3) is 11.5 Å². The number of benzene rings is 2. The average Bonchev–Trinajstić information content (AvgIpc) is 2.68. The molecule has 1 N–H and O–H groups in total. The zero-order chi connectivity index (χ0) is 20.3. The highest BCUT2D eigenvalue weighted by Gasteiger charge is 2.17. The fraction of sp³-hybridized carbons (Fsp3) is 0.318. The predicted octanol–water partition coefficient (Wildman–Crippen LogP) is 3.05. The van der Waals surface area contributed by atoms with Crippen molar-refractivity contribution in [2.45, 2.75) is 26.9 Å². The summed E-state index contributed by atoms with van der Waals surface area (Å²) in [5.41, 5.74) is 2.21. The highest BCUT2D eigenvalue weighted by Crippen LogP contribution is 2.15. The summed E-state index contributed by atoms with van der Waals surface area (Å²) >= 11 is 0. The van der Waals surface area contributed by atoms with E-state index in [-0.39, 0.29) is 23.1 Å². The van der Waals surface area contributed by atoms with E-state index in [0.29, 0.717) is 23.9 Å². The van der Waals surface area contributed by atoms with Gasteiger partial charge in [0.2, 0.25) is 0 Å². The van der Waals surface area contributed by atoms with E-state index in [1.807, 2.05) is 63.2 Å². The summed E-state index contributed by atoms with van der Waals surface area (Å²) < 4.78 is 1.40. The van der Waals surface area contributed by atoms with E-state index < -0.39 is 0 Å². The van der Waals surface area contributed by atoms with Crippen molar-refractivity contribution in [3.05, 3.63) is 70.1 Å². The van der Waals surface area contributed by atoms with E-state index in [4.69, 9.17) is 0 Å². The molecule has 0 aliphatic carbocycles. The number of hydrogen-bond acceptors (Lipinski definition) is 4. The van der Waals surface area contributed by atoms with Crippen molar-refractivity contribution in [2.75, 3.05) is 19.0 Å². The summed E-state index contributed by atoms with van der Waals surface area (Å²) in [7, 11) is 3.97. The quantitative estimate of drug-likeness (QED) is 0.716. The molecule has 1 heterocycles. The molecule has 6 nitrogen and oxygen atoms in total. The van der Waals surface area contributed by atoms with Crippen LogP contribution in [-0.2, 0) is 13.1 Å². The molecular formula is C22H26N4O2. The first-order valence-electron chi connectivity index (χ1n) is 9.41. The van der Waals surface area contributed by atoms with Gasteiger partial charge in [0.1, 0.15) is 0 Å². The monoisotopic (exact) mass is 378 g/mol. The number of hydrogen-bond donors (Lipinski definition) is 1. The molecule has 2 aromatic carbocycles.